The van der Waals surface area contributed by atoms with E-state index in [0.29, 0.717) is 13.0 Å². The number of hydrogen-bond acceptors (Lipinski definition) is 6. The molecule has 0 unspecified atom stereocenters. The molecule has 0 bridgehead atoms. The lowest BCUT2D eigenvalue weighted by Crippen LogP contribution is -2.60. The van der Waals surface area contributed by atoms with Crippen LogP contribution in [0.1, 0.15) is 73.6 Å². The summed E-state index contributed by atoms with van der Waals surface area (Å²) in [6.45, 7) is 21.4. The topological polar surface area (TPSA) is 94.5 Å². The molecule has 3 atom stereocenters. The molecular formula is C35H58O7Si2. The molecule has 0 aromatic heterocycles. The van der Waals surface area contributed by atoms with E-state index in [-0.39, 0.29) is 34.4 Å². The maximum atomic E-state index is 12.9. The predicted octanol–water partition coefficient (Wildman–Crippen LogP) is 8.72. The molecule has 1 aromatic carbocycles. The van der Waals surface area contributed by atoms with E-state index in [2.05, 4.69) is 85.6 Å². The van der Waals surface area contributed by atoms with Gasteiger partial charge in [-0.05, 0) is 98.1 Å². The Bertz CT molecular complexity index is 1140. The van der Waals surface area contributed by atoms with Crippen molar-refractivity contribution in [2.24, 2.45) is 11.8 Å². The second kappa shape index (κ2) is 15.4. The first-order chi connectivity index (χ1) is 20.2. The van der Waals surface area contributed by atoms with E-state index < -0.39 is 28.4 Å². The van der Waals surface area contributed by atoms with Gasteiger partial charge in [-0.1, -0.05) is 59.8 Å². The van der Waals surface area contributed by atoms with Crippen LogP contribution in [0.4, 0.5) is 0 Å². The summed E-state index contributed by atoms with van der Waals surface area (Å²) in [6, 6.07) is 7.57. The molecule has 2 N–H and O–H groups in total. The third-order valence-electron chi connectivity index (χ3n) is 9.59. The van der Waals surface area contributed by atoms with Crippen molar-refractivity contribution in [3.05, 3.63) is 54.3 Å². The molecule has 2 rings (SSSR count). The fourth-order valence-corrected chi connectivity index (χ4v) is 7.51. The van der Waals surface area contributed by atoms with Crippen LogP contribution in [0.5, 0.6) is 11.5 Å². The summed E-state index contributed by atoms with van der Waals surface area (Å²) in [7, 11) is -3.38. The number of carbonyl (C=O) groups is 1. The lowest BCUT2D eigenvalue weighted by atomic mass is 9.91. The number of carboxylic acids is 1. The monoisotopic (exact) mass is 646 g/mol. The molecule has 0 heterocycles. The van der Waals surface area contributed by atoms with Gasteiger partial charge in [-0.2, -0.15) is 0 Å². The number of benzene rings is 1. The molecule has 9 heteroatoms. The van der Waals surface area contributed by atoms with Gasteiger partial charge >= 0.3 is 5.97 Å². The van der Waals surface area contributed by atoms with Gasteiger partial charge in [-0.15, -0.1) is 5.73 Å². The molecule has 0 aliphatic heterocycles. The Balaban J connectivity index is 2.12. The lowest BCUT2D eigenvalue weighted by molar-refractivity contribution is -0.191. The molecule has 1 aliphatic rings. The number of aliphatic hydroxyl groups is 1. The van der Waals surface area contributed by atoms with E-state index in [4.69, 9.17) is 18.3 Å². The molecule has 0 radical (unpaired) electrons. The van der Waals surface area contributed by atoms with Crippen LogP contribution in [0.2, 0.25) is 36.3 Å². The molecule has 1 aromatic rings. The summed E-state index contributed by atoms with van der Waals surface area (Å²) < 4.78 is 24.3. The van der Waals surface area contributed by atoms with Gasteiger partial charge in [0.15, 0.2) is 16.6 Å². The molecule has 7 nitrogen and oxygen atoms in total. The van der Waals surface area contributed by atoms with Crippen LogP contribution in [0.25, 0.3) is 0 Å². The van der Waals surface area contributed by atoms with Crippen molar-refractivity contribution < 1.29 is 33.3 Å². The lowest BCUT2D eigenvalue weighted by Gasteiger charge is -2.48. The van der Waals surface area contributed by atoms with Crippen molar-refractivity contribution in [1.82, 2.24) is 0 Å². The van der Waals surface area contributed by atoms with E-state index in [9.17, 15) is 15.0 Å². The van der Waals surface area contributed by atoms with Gasteiger partial charge in [0.1, 0.15) is 11.5 Å². The van der Waals surface area contributed by atoms with Crippen LogP contribution in [0, 0.1) is 11.8 Å². The van der Waals surface area contributed by atoms with Gasteiger partial charge in [0, 0.05) is 12.5 Å². The molecule has 248 valence electrons. The number of aliphatic carboxylic acids is 1. The van der Waals surface area contributed by atoms with E-state index in [1.54, 1.807) is 13.2 Å². The summed E-state index contributed by atoms with van der Waals surface area (Å²) in [5.74, 6) is -0.984. The third kappa shape index (κ3) is 10.5. The van der Waals surface area contributed by atoms with Gasteiger partial charge in [-0.25, -0.2) is 4.79 Å². The predicted molar refractivity (Wildman–Crippen MR) is 183 cm³/mol. The summed E-state index contributed by atoms with van der Waals surface area (Å²) in [5, 5.41) is 20.9. The molecule has 0 spiro atoms. The van der Waals surface area contributed by atoms with Crippen LogP contribution in [-0.4, -0.2) is 58.4 Å². The van der Waals surface area contributed by atoms with Crippen LogP contribution in [0.3, 0.4) is 0 Å². The summed E-state index contributed by atoms with van der Waals surface area (Å²) in [5.41, 5.74) is 3.21. The molecule has 1 aliphatic carbocycles. The fraction of sp³-hybridized carbons (Fsp3) is 0.657. The van der Waals surface area contributed by atoms with Gasteiger partial charge in [-0.3, -0.25) is 0 Å². The summed E-state index contributed by atoms with van der Waals surface area (Å²) in [6.07, 6.45) is 10.8. The highest BCUT2D eigenvalue weighted by atomic mass is 28.4. The molecule has 0 saturated heterocycles. The highest BCUT2D eigenvalue weighted by Crippen LogP contribution is 2.45. The van der Waals surface area contributed by atoms with Crippen molar-refractivity contribution >= 4 is 22.6 Å². The molecule has 0 amide bonds. The zero-order valence-corrected chi connectivity index (χ0v) is 31.0. The minimum Gasteiger partial charge on any atom is -0.497 e. The van der Waals surface area contributed by atoms with Crippen molar-refractivity contribution in [2.75, 3.05) is 13.7 Å². The van der Waals surface area contributed by atoms with E-state index >= 15 is 0 Å². The minimum absolute atomic E-state index is 0.0572. The molecule has 1 saturated carbocycles. The van der Waals surface area contributed by atoms with Crippen LogP contribution < -0.4 is 9.47 Å². The maximum Gasteiger partial charge on any atom is 0.362 e. The third-order valence-corrected chi connectivity index (χ3v) is 18.5. The first-order valence-electron chi connectivity index (χ1n) is 15.9. The number of aliphatic hydroxyl groups excluding tert-OH is 1. The largest absolute Gasteiger partial charge is 0.497 e. The van der Waals surface area contributed by atoms with Crippen molar-refractivity contribution in [1.29, 1.82) is 0 Å². The average Bonchev–Trinajstić information content (AvgIpc) is 3.25. The van der Waals surface area contributed by atoms with Gasteiger partial charge in [0.2, 0.25) is 0 Å². The first-order valence-corrected chi connectivity index (χ1v) is 21.7. The van der Waals surface area contributed by atoms with Gasteiger partial charge in [0.05, 0.1) is 19.8 Å². The number of allylic oxidation sites excluding steroid dienone is 1. The number of ether oxygens (including phenoxy) is 2. The van der Waals surface area contributed by atoms with Crippen molar-refractivity contribution in [2.45, 2.75) is 122 Å². The minimum atomic E-state index is -2.51. The van der Waals surface area contributed by atoms with E-state index in [0.717, 1.165) is 30.8 Å². The quantitative estimate of drug-likeness (QED) is 0.0647. The van der Waals surface area contributed by atoms with Gasteiger partial charge < -0.3 is 28.5 Å². The van der Waals surface area contributed by atoms with Crippen LogP contribution >= 0.6 is 0 Å². The molecule has 1 fully saturated rings. The van der Waals surface area contributed by atoms with E-state index in [1.165, 1.54) is 0 Å². The Hall–Kier alpha value is -2.14. The Kier molecular flexibility index (Phi) is 13.3. The number of rotatable bonds is 15. The molecular weight excluding hydrogens is 589 g/mol. The summed E-state index contributed by atoms with van der Waals surface area (Å²) in [4.78, 5) is 12.9. The van der Waals surface area contributed by atoms with Crippen LogP contribution in [-0.2, 0) is 13.6 Å². The second-order valence-corrected chi connectivity index (χ2v) is 24.5. The fourth-order valence-electron chi connectivity index (χ4n) is 4.74. The first kappa shape index (κ1) is 38.0. The van der Waals surface area contributed by atoms with Crippen LogP contribution in [0.15, 0.2) is 54.3 Å². The van der Waals surface area contributed by atoms with Crippen molar-refractivity contribution in [3.8, 4) is 11.5 Å². The highest BCUT2D eigenvalue weighted by Gasteiger charge is 2.54. The van der Waals surface area contributed by atoms with E-state index in [1.807, 2.05) is 30.3 Å². The standard InChI is InChI=1S/C35H58O7Si2/c1-33(2,3)43(8,9)41-35(32(37)38,42-44(10,11)34(4,5)6)24-15-12-13-21-30-27(22-23-31(30)36)18-14-16-25-40-29-20-17-19-28(26-29)39-7/h13-15,17-20,26-27,30-31,36H,16,21-25H2,1-11H3,(H,37,38)/t12?,27-,30+,31-/m0/s1. The summed E-state index contributed by atoms with van der Waals surface area (Å²) >= 11 is 0. The highest BCUT2D eigenvalue weighted by molar-refractivity contribution is 6.75. The number of hydrogen-bond donors (Lipinski definition) is 2. The Morgan fingerprint density at radius 2 is 1.57 bits per heavy atom. The SMILES string of the molecule is COc1cccc(OCCC=C[C@H]2CC[C@H](O)[C@@H]2CC=C=CCC(O[Si](C)(C)C(C)(C)C)(O[Si](C)(C)C(C)(C)C)C(=O)O)c1. The second-order valence-electron chi connectivity index (χ2n) is 15.0. The normalized spacial score (nSPS) is 20.0. The van der Waals surface area contributed by atoms with Gasteiger partial charge in [0.25, 0.3) is 5.79 Å². The number of methoxy groups -OCH3 is 1. The Morgan fingerprint density at radius 3 is 2.11 bits per heavy atom. The Labute approximate surface area is 268 Å². The average molecular weight is 647 g/mol. The van der Waals surface area contributed by atoms with Crippen molar-refractivity contribution in [3.63, 3.8) is 0 Å². The smallest absolute Gasteiger partial charge is 0.362 e. The zero-order chi connectivity index (χ0) is 33.4. The number of carboxylic acid groups (broad SMARTS) is 1. The maximum absolute atomic E-state index is 12.9. The molecule has 44 heavy (non-hydrogen) atoms. The zero-order valence-electron chi connectivity index (χ0n) is 29.0. The Morgan fingerprint density at radius 1 is 0.977 bits per heavy atom.